The van der Waals surface area contributed by atoms with Crippen molar-refractivity contribution in [1.82, 2.24) is 4.98 Å². The van der Waals surface area contributed by atoms with Gasteiger partial charge in [-0.3, -0.25) is 0 Å². The minimum absolute atomic E-state index is 0.122. The Morgan fingerprint density at radius 2 is 1.65 bits per heavy atom. The molecular formula is C11H5Br3FNO. The molecule has 1 aromatic heterocycles. The lowest BCUT2D eigenvalue weighted by Crippen LogP contribution is -1.94. The number of para-hydroxylation sites is 1. The molecule has 2 aromatic rings. The van der Waals surface area contributed by atoms with Crippen molar-refractivity contribution >= 4 is 47.8 Å². The van der Waals surface area contributed by atoms with Gasteiger partial charge in [0, 0.05) is 0 Å². The van der Waals surface area contributed by atoms with E-state index in [2.05, 4.69) is 52.8 Å². The van der Waals surface area contributed by atoms with Gasteiger partial charge in [0.2, 0.25) is 0 Å². The van der Waals surface area contributed by atoms with Crippen molar-refractivity contribution in [1.29, 1.82) is 0 Å². The van der Waals surface area contributed by atoms with Gasteiger partial charge in [0.25, 0.3) is 0 Å². The Balaban J connectivity index is 2.43. The Kier molecular flexibility index (Phi) is 4.17. The van der Waals surface area contributed by atoms with Crippen molar-refractivity contribution in [2.75, 3.05) is 0 Å². The first-order valence-electron chi connectivity index (χ1n) is 4.52. The third-order valence-corrected chi connectivity index (χ3v) is 3.69. The molecule has 1 aromatic carbocycles. The summed E-state index contributed by atoms with van der Waals surface area (Å²) in [5.74, 6) is 0.411. The molecule has 6 heteroatoms. The van der Waals surface area contributed by atoms with E-state index in [1.54, 1.807) is 12.1 Å². The van der Waals surface area contributed by atoms with E-state index in [9.17, 15) is 4.39 Å². The monoisotopic (exact) mass is 423 g/mol. The number of halogens is 4. The maximum absolute atomic E-state index is 13.6. The molecule has 0 fully saturated rings. The van der Waals surface area contributed by atoms with Crippen molar-refractivity contribution in [3.05, 3.63) is 49.8 Å². The maximum Gasteiger partial charge on any atom is 0.177 e. The third-order valence-electron chi connectivity index (χ3n) is 1.92. The summed E-state index contributed by atoms with van der Waals surface area (Å²) in [5, 5.41) is 0. The first-order valence-corrected chi connectivity index (χ1v) is 6.90. The van der Waals surface area contributed by atoms with Crippen LogP contribution < -0.4 is 4.74 Å². The van der Waals surface area contributed by atoms with Gasteiger partial charge in [0.05, 0.1) is 0 Å². The minimum atomic E-state index is -0.501. The largest absolute Gasteiger partial charge is 0.453 e. The number of hydrogen-bond acceptors (Lipinski definition) is 2. The fourth-order valence-electron chi connectivity index (χ4n) is 1.16. The molecule has 0 N–H and O–H groups in total. The highest BCUT2D eigenvalue weighted by molar-refractivity contribution is 9.11. The number of pyridine rings is 1. The van der Waals surface area contributed by atoms with E-state index in [0.29, 0.717) is 16.1 Å². The normalized spacial score (nSPS) is 10.4. The molecule has 1 heterocycles. The molecule has 17 heavy (non-hydrogen) atoms. The first-order chi connectivity index (χ1) is 8.09. The molecule has 0 bridgehead atoms. The van der Waals surface area contributed by atoms with Crippen LogP contribution in [0.1, 0.15) is 0 Å². The van der Waals surface area contributed by atoms with Crippen LogP contribution in [0.3, 0.4) is 0 Å². The summed E-state index contributed by atoms with van der Waals surface area (Å²) in [7, 11) is 0. The summed E-state index contributed by atoms with van der Waals surface area (Å²) in [6.07, 6.45) is 0. The second-order valence-electron chi connectivity index (χ2n) is 3.07. The standard InChI is InChI=1S/C11H5Br3FNO/c12-7-8(15)10(13)16-11(14)9(7)17-6-4-2-1-3-5-6/h1-5H. The Labute approximate surface area is 123 Å². The van der Waals surface area contributed by atoms with Gasteiger partial charge in [-0.2, -0.15) is 0 Å². The number of rotatable bonds is 2. The van der Waals surface area contributed by atoms with Crippen LogP contribution in [-0.4, -0.2) is 4.98 Å². The maximum atomic E-state index is 13.6. The molecule has 88 valence electrons. The highest BCUT2D eigenvalue weighted by Gasteiger charge is 2.17. The molecule has 0 aliphatic carbocycles. The zero-order chi connectivity index (χ0) is 12.4. The molecule has 0 atom stereocenters. The van der Waals surface area contributed by atoms with Gasteiger partial charge < -0.3 is 4.74 Å². The number of ether oxygens (including phenoxy) is 1. The van der Waals surface area contributed by atoms with Crippen LogP contribution in [0.2, 0.25) is 0 Å². The minimum Gasteiger partial charge on any atom is -0.453 e. The summed E-state index contributed by atoms with van der Waals surface area (Å²) in [6, 6.07) is 9.09. The van der Waals surface area contributed by atoms with Gasteiger partial charge in [-0.25, -0.2) is 9.37 Å². The molecule has 0 amide bonds. The van der Waals surface area contributed by atoms with Gasteiger partial charge in [-0.1, -0.05) is 18.2 Å². The molecule has 0 saturated carbocycles. The van der Waals surface area contributed by atoms with E-state index in [4.69, 9.17) is 4.74 Å². The fourth-order valence-corrected chi connectivity index (χ4v) is 3.22. The van der Waals surface area contributed by atoms with Gasteiger partial charge >= 0.3 is 0 Å². The van der Waals surface area contributed by atoms with Crippen molar-refractivity contribution < 1.29 is 9.13 Å². The second-order valence-corrected chi connectivity index (χ2v) is 5.36. The zero-order valence-electron chi connectivity index (χ0n) is 8.25. The Bertz CT molecular complexity index is 548. The third kappa shape index (κ3) is 2.86. The predicted molar refractivity (Wildman–Crippen MR) is 73.8 cm³/mol. The lowest BCUT2D eigenvalue weighted by molar-refractivity contribution is 0.463. The Morgan fingerprint density at radius 1 is 1.00 bits per heavy atom. The van der Waals surface area contributed by atoms with Crippen LogP contribution in [0.5, 0.6) is 11.5 Å². The van der Waals surface area contributed by atoms with Crippen molar-refractivity contribution in [3.63, 3.8) is 0 Å². The van der Waals surface area contributed by atoms with Gasteiger partial charge in [-0.05, 0) is 59.9 Å². The van der Waals surface area contributed by atoms with Crippen LogP contribution in [0, 0.1) is 5.82 Å². The molecule has 0 aliphatic rings. The number of aromatic nitrogens is 1. The molecule has 2 nitrogen and oxygen atoms in total. The quantitative estimate of drug-likeness (QED) is 0.609. The van der Waals surface area contributed by atoms with E-state index in [0.717, 1.165) is 0 Å². The Morgan fingerprint density at radius 3 is 2.29 bits per heavy atom. The topological polar surface area (TPSA) is 22.1 Å². The zero-order valence-corrected chi connectivity index (χ0v) is 13.0. The molecule has 0 unspecified atom stereocenters. The number of benzene rings is 1. The molecular weight excluding hydrogens is 421 g/mol. The van der Waals surface area contributed by atoms with E-state index in [1.807, 2.05) is 18.2 Å². The van der Waals surface area contributed by atoms with E-state index in [-0.39, 0.29) is 9.08 Å². The van der Waals surface area contributed by atoms with Crippen LogP contribution >= 0.6 is 47.8 Å². The average molecular weight is 426 g/mol. The SMILES string of the molecule is Fc1c(Br)nc(Br)c(Oc2ccccc2)c1Br. The lowest BCUT2D eigenvalue weighted by Gasteiger charge is -2.10. The Hall–Kier alpha value is -0.460. The molecule has 0 saturated heterocycles. The second kappa shape index (κ2) is 5.46. The van der Waals surface area contributed by atoms with Gasteiger partial charge in [0.1, 0.15) is 14.8 Å². The summed E-state index contributed by atoms with van der Waals surface area (Å²) < 4.78 is 19.9. The lowest BCUT2D eigenvalue weighted by atomic mass is 10.3. The summed E-state index contributed by atoms with van der Waals surface area (Å²) in [4.78, 5) is 3.93. The number of hydrogen-bond donors (Lipinski definition) is 0. The first kappa shape index (κ1) is 13.0. The summed E-state index contributed by atoms with van der Waals surface area (Å²) >= 11 is 9.38. The average Bonchev–Trinajstić information content (AvgIpc) is 2.33. The van der Waals surface area contributed by atoms with E-state index >= 15 is 0 Å². The van der Waals surface area contributed by atoms with Crippen LogP contribution in [0.15, 0.2) is 44.0 Å². The summed E-state index contributed by atoms with van der Waals surface area (Å²) in [6.45, 7) is 0. The molecule has 2 rings (SSSR count). The fraction of sp³-hybridized carbons (Fsp3) is 0. The van der Waals surface area contributed by atoms with Crippen LogP contribution in [0.25, 0.3) is 0 Å². The van der Waals surface area contributed by atoms with E-state index in [1.165, 1.54) is 0 Å². The van der Waals surface area contributed by atoms with Crippen LogP contribution in [0.4, 0.5) is 4.39 Å². The smallest absolute Gasteiger partial charge is 0.177 e. The summed E-state index contributed by atoms with van der Waals surface area (Å²) in [5.41, 5.74) is 0. The highest BCUT2D eigenvalue weighted by atomic mass is 79.9. The molecule has 0 spiro atoms. The predicted octanol–water partition coefficient (Wildman–Crippen LogP) is 5.30. The van der Waals surface area contributed by atoms with Gasteiger partial charge in [0.15, 0.2) is 16.2 Å². The highest BCUT2D eigenvalue weighted by Crippen LogP contribution is 2.39. The van der Waals surface area contributed by atoms with Crippen molar-refractivity contribution in [3.8, 4) is 11.5 Å². The van der Waals surface area contributed by atoms with Gasteiger partial charge in [-0.15, -0.1) is 0 Å². The van der Waals surface area contributed by atoms with Crippen molar-refractivity contribution in [2.45, 2.75) is 0 Å². The molecule has 0 radical (unpaired) electrons. The van der Waals surface area contributed by atoms with Crippen molar-refractivity contribution in [2.24, 2.45) is 0 Å². The van der Waals surface area contributed by atoms with E-state index < -0.39 is 5.82 Å². The number of nitrogens with zero attached hydrogens (tertiary/aromatic N) is 1. The molecule has 0 aliphatic heterocycles. The van der Waals surface area contributed by atoms with Crippen LogP contribution in [-0.2, 0) is 0 Å².